The van der Waals surface area contributed by atoms with E-state index in [1.54, 1.807) is 12.1 Å². The van der Waals surface area contributed by atoms with Gasteiger partial charge in [-0.1, -0.05) is 33.6 Å². The number of nitrogens with one attached hydrogen (secondary N) is 2. The van der Waals surface area contributed by atoms with E-state index in [2.05, 4.69) is 26.6 Å². The van der Waals surface area contributed by atoms with E-state index < -0.39 is 11.8 Å². The maximum Gasteiger partial charge on any atom is 0.323 e. The van der Waals surface area contributed by atoms with E-state index in [1.165, 1.54) is 18.2 Å². The molecule has 6 heteroatoms. The summed E-state index contributed by atoms with van der Waals surface area (Å²) in [6.07, 6.45) is 0. The maximum absolute atomic E-state index is 13.5. The minimum absolute atomic E-state index is 0.0412. The number of hydrogen-bond acceptors (Lipinski definition) is 1. The van der Waals surface area contributed by atoms with Gasteiger partial charge in [0.25, 0.3) is 0 Å². The van der Waals surface area contributed by atoms with Crippen LogP contribution in [0.5, 0.6) is 0 Å². The fourth-order valence-electron chi connectivity index (χ4n) is 1.62. The summed E-state index contributed by atoms with van der Waals surface area (Å²) in [5, 5.41) is 5.15. The summed E-state index contributed by atoms with van der Waals surface area (Å²) in [5.74, 6) is -0.584. The number of anilines is 2. The van der Waals surface area contributed by atoms with Crippen LogP contribution in [0, 0.1) is 12.7 Å². The third kappa shape index (κ3) is 3.49. The third-order valence-electron chi connectivity index (χ3n) is 2.62. The van der Waals surface area contributed by atoms with Crippen molar-refractivity contribution >= 4 is 44.9 Å². The van der Waals surface area contributed by atoms with Gasteiger partial charge in [0.15, 0.2) is 0 Å². The molecule has 0 aliphatic carbocycles. The van der Waals surface area contributed by atoms with Crippen LogP contribution in [0.4, 0.5) is 20.6 Å². The quantitative estimate of drug-likeness (QED) is 0.762. The molecule has 2 aromatic rings. The molecule has 0 aliphatic rings. The lowest BCUT2D eigenvalue weighted by molar-refractivity contribution is 0.262. The zero-order valence-electron chi connectivity index (χ0n) is 10.5. The molecule has 20 heavy (non-hydrogen) atoms. The van der Waals surface area contributed by atoms with Crippen LogP contribution >= 0.6 is 27.5 Å². The molecule has 0 spiro atoms. The highest BCUT2D eigenvalue weighted by atomic mass is 79.9. The van der Waals surface area contributed by atoms with E-state index in [-0.39, 0.29) is 10.7 Å². The maximum atomic E-state index is 13.5. The largest absolute Gasteiger partial charge is 0.323 e. The number of hydrogen-bond donors (Lipinski definition) is 2. The van der Waals surface area contributed by atoms with Crippen LogP contribution in [0.2, 0.25) is 5.02 Å². The monoisotopic (exact) mass is 356 g/mol. The molecule has 0 unspecified atom stereocenters. The van der Waals surface area contributed by atoms with E-state index in [0.29, 0.717) is 5.69 Å². The van der Waals surface area contributed by atoms with Crippen molar-refractivity contribution in [3.63, 3.8) is 0 Å². The Morgan fingerprint density at radius 2 is 2.00 bits per heavy atom. The third-order valence-corrected chi connectivity index (χ3v) is 3.82. The molecule has 2 amide bonds. The number of urea groups is 1. The van der Waals surface area contributed by atoms with E-state index in [0.717, 1.165) is 10.0 Å². The Hall–Kier alpha value is -1.59. The first-order chi connectivity index (χ1) is 9.47. The lowest BCUT2D eigenvalue weighted by Gasteiger charge is -2.10. The van der Waals surface area contributed by atoms with Gasteiger partial charge >= 0.3 is 6.03 Å². The summed E-state index contributed by atoms with van der Waals surface area (Å²) in [4.78, 5) is 11.8. The number of aryl methyl sites for hydroxylation is 1. The lowest BCUT2D eigenvalue weighted by Crippen LogP contribution is -2.20. The van der Waals surface area contributed by atoms with Crippen molar-refractivity contribution in [3.8, 4) is 0 Å². The zero-order valence-corrected chi connectivity index (χ0v) is 12.8. The zero-order chi connectivity index (χ0) is 14.7. The topological polar surface area (TPSA) is 41.1 Å². The van der Waals surface area contributed by atoms with Gasteiger partial charge in [-0.05, 0) is 42.8 Å². The SMILES string of the molecule is Cc1cc(NC(=O)Nc2c(F)cccc2Cl)ccc1Br. The number of halogens is 3. The first-order valence-corrected chi connectivity index (χ1v) is 6.92. The molecule has 2 rings (SSSR count). The molecule has 0 atom stereocenters. The summed E-state index contributed by atoms with van der Waals surface area (Å²) < 4.78 is 14.5. The molecular weight excluding hydrogens is 347 g/mol. The summed E-state index contributed by atoms with van der Waals surface area (Å²) in [6, 6.07) is 9.00. The summed E-state index contributed by atoms with van der Waals surface area (Å²) in [7, 11) is 0. The molecule has 0 bridgehead atoms. The van der Waals surface area contributed by atoms with Gasteiger partial charge in [0.1, 0.15) is 5.82 Å². The second-order valence-corrected chi connectivity index (χ2v) is 5.40. The highest BCUT2D eigenvalue weighted by Gasteiger charge is 2.10. The van der Waals surface area contributed by atoms with Gasteiger partial charge in [-0.25, -0.2) is 9.18 Å². The molecule has 0 heterocycles. The van der Waals surface area contributed by atoms with Crippen LogP contribution in [0.25, 0.3) is 0 Å². The summed E-state index contributed by atoms with van der Waals surface area (Å²) in [5.41, 5.74) is 1.54. The molecule has 3 nitrogen and oxygen atoms in total. The number of carbonyl (C=O) groups excluding carboxylic acids is 1. The van der Waals surface area contributed by atoms with Crippen LogP contribution in [-0.2, 0) is 0 Å². The number of amides is 2. The Morgan fingerprint density at radius 1 is 1.25 bits per heavy atom. The second-order valence-electron chi connectivity index (χ2n) is 4.14. The molecule has 0 radical (unpaired) electrons. The normalized spacial score (nSPS) is 10.2. The van der Waals surface area contributed by atoms with Crippen LogP contribution in [0.1, 0.15) is 5.56 Å². The van der Waals surface area contributed by atoms with Crippen molar-refractivity contribution in [1.29, 1.82) is 0 Å². The fraction of sp³-hybridized carbons (Fsp3) is 0.0714. The van der Waals surface area contributed by atoms with E-state index >= 15 is 0 Å². The number of para-hydroxylation sites is 1. The van der Waals surface area contributed by atoms with Crippen molar-refractivity contribution in [2.75, 3.05) is 10.6 Å². The van der Waals surface area contributed by atoms with Crippen molar-refractivity contribution in [2.45, 2.75) is 6.92 Å². The highest BCUT2D eigenvalue weighted by molar-refractivity contribution is 9.10. The molecule has 0 saturated heterocycles. The van der Waals surface area contributed by atoms with Gasteiger partial charge in [-0.2, -0.15) is 0 Å². The highest BCUT2D eigenvalue weighted by Crippen LogP contribution is 2.25. The van der Waals surface area contributed by atoms with Crippen LogP contribution < -0.4 is 10.6 Å². The predicted octanol–water partition coefficient (Wildman–Crippen LogP) is 5.19. The van der Waals surface area contributed by atoms with Gasteiger partial charge in [-0.3, -0.25) is 0 Å². The van der Waals surface area contributed by atoms with E-state index in [1.807, 2.05) is 13.0 Å². The Balaban J connectivity index is 2.11. The first kappa shape index (κ1) is 14.8. The molecular formula is C14H11BrClFN2O. The number of carbonyl (C=O) groups is 1. The van der Waals surface area contributed by atoms with Crippen molar-refractivity contribution in [2.24, 2.45) is 0 Å². The average Bonchev–Trinajstić information content (AvgIpc) is 2.38. The van der Waals surface area contributed by atoms with Crippen molar-refractivity contribution < 1.29 is 9.18 Å². The number of benzene rings is 2. The van der Waals surface area contributed by atoms with Gasteiger partial charge < -0.3 is 10.6 Å². The molecule has 2 aromatic carbocycles. The predicted molar refractivity (Wildman–Crippen MR) is 82.9 cm³/mol. The Labute approximate surface area is 129 Å². The lowest BCUT2D eigenvalue weighted by atomic mass is 10.2. The van der Waals surface area contributed by atoms with Crippen molar-refractivity contribution in [1.82, 2.24) is 0 Å². The standard InChI is InChI=1S/C14H11BrClFN2O/c1-8-7-9(5-6-10(8)15)18-14(20)19-13-11(16)3-2-4-12(13)17/h2-7H,1H3,(H2,18,19,20). The van der Waals surface area contributed by atoms with Crippen molar-refractivity contribution in [3.05, 3.63) is 57.3 Å². The minimum Gasteiger partial charge on any atom is -0.308 e. The van der Waals surface area contributed by atoms with Crippen LogP contribution in [0.15, 0.2) is 40.9 Å². The van der Waals surface area contributed by atoms with E-state index in [4.69, 9.17) is 11.6 Å². The number of rotatable bonds is 2. The molecule has 0 saturated carbocycles. The minimum atomic E-state index is -0.584. The summed E-state index contributed by atoms with van der Waals surface area (Å²) in [6.45, 7) is 1.90. The first-order valence-electron chi connectivity index (χ1n) is 5.75. The summed E-state index contributed by atoms with van der Waals surface area (Å²) >= 11 is 9.21. The Kier molecular flexibility index (Phi) is 4.62. The molecule has 104 valence electrons. The van der Waals surface area contributed by atoms with Crippen LogP contribution in [0.3, 0.4) is 0 Å². The molecule has 0 aromatic heterocycles. The Morgan fingerprint density at radius 3 is 2.65 bits per heavy atom. The van der Waals surface area contributed by atoms with Crippen LogP contribution in [-0.4, -0.2) is 6.03 Å². The molecule has 0 aliphatic heterocycles. The fourth-order valence-corrected chi connectivity index (χ4v) is 2.07. The smallest absolute Gasteiger partial charge is 0.308 e. The van der Waals surface area contributed by atoms with Gasteiger partial charge in [0.2, 0.25) is 0 Å². The van der Waals surface area contributed by atoms with Gasteiger partial charge in [0.05, 0.1) is 10.7 Å². The average molecular weight is 358 g/mol. The molecule has 0 fully saturated rings. The van der Waals surface area contributed by atoms with E-state index in [9.17, 15) is 9.18 Å². The van der Waals surface area contributed by atoms with Gasteiger partial charge in [0, 0.05) is 10.2 Å². The van der Waals surface area contributed by atoms with Gasteiger partial charge in [-0.15, -0.1) is 0 Å². The molecule has 2 N–H and O–H groups in total. The Bertz CT molecular complexity index is 643. The second kappa shape index (κ2) is 6.24.